The molecule has 0 aliphatic heterocycles. The maximum Gasteiger partial charge on any atom is 0.180 e. The van der Waals surface area contributed by atoms with Crippen molar-refractivity contribution in [3.05, 3.63) is 315 Å². The Kier molecular flexibility index (Phi) is 11.9. The van der Waals surface area contributed by atoms with Crippen molar-refractivity contribution in [1.29, 1.82) is 0 Å². The minimum Gasteiger partial charge on any atom is -0.309 e. The Morgan fingerprint density at radius 3 is 1.65 bits per heavy atom. The highest BCUT2D eigenvalue weighted by molar-refractivity contribution is 7.30. The second-order valence-electron chi connectivity index (χ2n) is 23.6. The van der Waals surface area contributed by atoms with E-state index in [1.54, 1.807) is 0 Å². The van der Waals surface area contributed by atoms with Crippen molar-refractivity contribution in [2.75, 3.05) is 0 Å². The summed E-state index contributed by atoms with van der Waals surface area (Å²) in [5.41, 5.74) is 13.4. The summed E-state index contributed by atoms with van der Waals surface area (Å²) in [6.07, 6.45) is 8.56. The summed E-state index contributed by atoms with van der Waals surface area (Å²) in [4.78, 5) is 0. The summed E-state index contributed by atoms with van der Waals surface area (Å²) in [6.45, 7) is 2.38. The molecule has 0 spiro atoms. The van der Waals surface area contributed by atoms with Gasteiger partial charge in [0.25, 0.3) is 0 Å². The molecule has 1 aliphatic rings. The highest BCUT2D eigenvalue weighted by atomic mass is 32.1. The molecule has 3 heteroatoms. The van der Waals surface area contributed by atoms with E-state index in [0.717, 1.165) is 6.42 Å². The molecule has 0 radical (unpaired) electrons. The SMILES string of the molecule is CC1C=C([Si](c2ccccc2)(c2cccc(-n3c4ccccc4c4ccccc43)c2)c2cccc3c2sc2ccc(-c4ccc5c(-c6cccc(-c7ccc8cc(-c9ccc%10ccccc%10c9)ccc8c7)c6)cc6ccccc6c5c4)cc23)C=CC1. The van der Waals surface area contributed by atoms with Gasteiger partial charge in [0, 0.05) is 36.6 Å². The number of para-hydroxylation sites is 2. The van der Waals surface area contributed by atoms with E-state index in [2.05, 4.69) is 321 Å². The lowest BCUT2D eigenvalue weighted by atomic mass is 9.89. The van der Waals surface area contributed by atoms with Crippen molar-refractivity contribution >= 4 is 120 Å². The minimum absolute atomic E-state index is 0.420. The van der Waals surface area contributed by atoms with Crippen LogP contribution in [0.15, 0.2) is 315 Å². The highest BCUT2D eigenvalue weighted by Crippen LogP contribution is 2.43. The fraction of sp³-hybridized carbons (Fsp3) is 0.0361. The van der Waals surface area contributed by atoms with Crippen LogP contribution in [0.4, 0.5) is 0 Å². The zero-order valence-electron chi connectivity index (χ0n) is 47.6. The van der Waals surface area contributed by atoms with Gasteiger partial charge in [0.2, 0.25) is 0 Å². The van der Waals surface area contributed by atoms with Gasteiger partial charge in [0.05, 0.1) is 11.0 Å². The van der Waals surface area contributed by atoms with Crippen LogP contribution in [0.3, 0.4) is 0 Å². The van der Waals surface area contributed by atoms with Crippen LogP contribution in [0.2, 0.25) is 0 Å². The zero-order valence-corrected chi connectivity index (χ0v) is 49.4. The Bertz CT molecular complexity index is 5430. The Hall–Kier alpha value is -10.2. The molecule has 1 nitrogen and oxygen atoms in total. The topological polar surface area (TPSA) is 4.93 Å². The summed E-state index contributed by atoms with van der Waals surface area (Å²) >= 11 is 1.96. The van der Waals surface area contributed by atoms with E-state index < -0.39 is 8.07 Å². The fourth-order valence-electron chi connectivity index (χ4n) is 14.5. The molecule has 0 N–H and O–H groups in total. The maximum atomic E-state index is 2.61. The van der Waals surface area contributed by atoms with Crippen molar-refractivity contribution in [3.8, 4) is 50.2 Å². The minimum atomic E-state index is -3.02. The van der Waals surface area contributed by atoms with Gasteiger partial charge >= 0.3 is 0 Å². The van der Waals surface area contributed by atoms with E-state index in [1.165, 1.54) is 156 Å². The van der Waals surface area contributed by atoms with Crippen molar-refractivity contribution in [1.82, 2.24) is 4.57 Å². The summed E-state index contributed by atoms with van der Waals surface area (Å²) in [7, 11) is -3.02. The Morgan fingerprint density at radius 2 is 0.907 bits per heavy atom. The van der Waals surface area contributed by atoms with Crippen LogP contribution < -0.4 is 15.6 Å². The lowest BCUT2D eigenvalue weighted by Crippen LogP contribution is -2.68. The van der Waals surface area contributed by atoms with Gasteiger partial charge in [-0.2, -0.15) is 0 Å². The molecule has 2 heterocycles. The molecule has 2 aromatic heterocycles. The molecule has 2 unspecified atom stereocenters. The van der Waals surface area contributed by atoms with Crippen LogP contribution in [-0.4, -0.2) is 12.6 Å². The third kappa shape index (κ3) is 8.18. The van der Waals surface area contributed by atoms with Crippen LogP contribution in [0.5, 0.6) is 0 Å². The quantitative estimate of drug-likeness (QED) is 0.0771. The molecule has 1 aliphatic carbocycles. The van der Waals surface area contributed by atoms with Crippen molar-refractivity contribution < 1.29 is 0 Å². The summed E-state index contributed by atoms with van der Waals surface area (Å²) in [6, 6.07) is 110. The second kappa shape index (κ2) is 20.3. The standard InChI is InChI=1S/C83H57NSSi/c1-54-17-13-26-69(45-54)86(68-24-3-2-4-25-68,70-27-15-23-67(53-70)84-79-32-11-9-29-73(79)74-30-10-12-33-80(74)84)82-34-16-31-75-78-51-64(42-44-81(78)85-83(75)82)63-41-43-72-76(52-66-20-7-8-28-71(66)77(72)50-63)65-22-14-21-57(49-65)58-37-38-62-48-61(40-39-60(62)47-58)59-36-35-55-18-5-6-19-56(55)46-59/h2-16,18-54H,17H2,1H3. The first kappa shape index (κ1) is 50.4. The molecule has 0 bridgehead atoms. The summed E-state index contributed by atoms with van der Waals surface area (Å²) < 4.78 is 5.16. The molecule has 14 aromatic carbocycles. The van der Waals surface area contributed by atoms with Crippen molar-refractivity contribution in [3.63, 3.8) is 0 Å². The van der Waals surface area contributed by atoms with Gasteiger partial charge in [0.1, 0.15) is 0 Å². The predicted octanol–water partition coefficient (Wildman–Crippen LogP) is 21.0. The van der Waals surface area contributed by atoms with Crippen molar-refractivity contribution in [2.24, 2.45) is 5.92 Å². The molecule has 2 atom stereocenters. The lowest BCUT2D eigenvalue weighted by molar-refractivity contribution is 0.734. The number of aromatic nitrogens is 1. The Morgan fingerprint density at radius 1 is 0.360 bits per heavy atom. The van der Waals surface area contributed by atoms with Crippen LogP contribution in [0.25, 0.3) is 135 Å². The van der Waals surface area contributed by atoms with Gasteiger partial charge < -0.3 is 4.57 Å². The fourth-order valence-corrected chi connectivity index (χ4v) is 21.2. The van der Waals surface area contributed by atoms with Gasteiger partial charge in [-0.1, -0.05) is 244 Å². The zero-order chi connectivity index (χ0) is 56.9. The number of hydrogen-bond donors (Lipinski definition) is 0. The first-order valence-corrected chi connectivity index (χ1v) is 32.9. The lowest BCUT2D eigenvalue weighted by Gasteiger charge is -2.37. The van der Waals surface area contributed by atoms with E-state index in [4.69, 9.17) is 0 Å². The van der Waals surface area contributed by atoms with E-state index in [0.29, 0.717) is 5.92 Å². The predicted molar refractivity (Wildman–Crippen MR) is 374 cm³/mol. The monoisotopic (exact) mass is 1130 g/mol. The molecule has 0 fully saturated rings. The number of thiophene rings is 1. The summed E-state index contributed by atoms with van der Waals surface area (Å²) in [5, 5.41) is 20.8. The molecular weight excluding hydrogens is 1070 g/mol. The third-order valence-electron chi connectivity index (χ3n) is 18.6. The van der Waals surface area contributed by atoms with Crippen LogP contribution in [0, 0.1) is 5.92 Å². The van der Waals surface area contributed by atoms with Gasteiger partial charge in [-0.3, -0.25) is 0 Å². The Balaban J connectivity index is 0.777. The number of fused-ring (bicyclic) bond motifs is 11. The van der Waals surface area contributed by atoms with E-state index in [1.807, 2.05) is 11.3 Å². The van der Waals surface area contributed by atoms with Gasteiger partial charge in [-0.15, -0.1) is 11.3 Å². The average molecular weight is 1130 g/mol. The van der Waals surface area contributed by atoms with Crippen LogP contribution in [-0.2, 0) is 0 Å². The molecule has 0 saturated carbocycles. The van der Waals surface area contributed by atoms with Crippen molar-refractivity contribution in [2.45, 2.75) is 13.3 Å². The number of hydrogen-bond acceptors (Lipinski definition) is 1. The number of nitrogens with zero attached hydrogens (tertiary/aromatic N) is 1. The second-order valence-corrected chi connectivity index (χ2v) is 28.4. The maximum absolute atomic E-state index is 3.02. The molecule has 16 aromatic rings. The van der Waals surface area contributed by atoms with Gasteiger partial charge in [-0.05, 0) is 193 Å². The van der Waals surface area contributed by atoms with Gasteiger partial charge in [-0.25, -0.2) is 0 Å². The van der Waals surface area contributed by atoms with E-state index in [-0.39, 0.29) is 0 Å². The molecule has 404 valence electrons. The van der Waals surface area contributed by atoms with E-state index >= 15 is 0 Å². The van der Waals surface area contributed by atoms with Gasteiger partial charge in [0.15, 0.2) is 8.07 Å². The molecular formula is C83H57NSSi. The molecule has 86 heavy (non-hydrogen) atoms. The summed E-state index contributed by atoms with van der Waals surface area (Å²) in [5.74, 6) is 0.420. The van der Waals surface area contributed by atoms with Crippen LogP contribution >= 0.6 is 11.3 Å². The smallest absolute Gasteiger partial charge is 0.180 e. The molecule has 17 rings (SSSR count). The third-order valence-corrected chi connectivity index (χ3v) is 24.8. The average Bonchev–Trinajstić information content (AvgIpc) is 1.58. The van der Waals surface area contributed by atoms with E-state index in [9.17, 15) is 0 Å². The molecule has 0 saturated heterocycles. The Labute approximate surface area is 505 Å². The number of rotatable bonds is 9. The number of benzene rings is 14. The first-order chi connectivity index (χ1) is 42.5. The number of allylic oxidation sites excluding steroid dienone is 4. The largest absolute Gasteiger partial charge is 0.309 e. The normalized spacial score (nSPS) is 14.3. The molecule has 0 amide bonds. The highest BCUT2D eigenvalue weighted by Gasteiger charge is 2.44. The van der Waals surface area contributed by atoms with Crippen LogP contribution in [0.1, 0.15) is 13.3 Å². The first-order valence-electron chi connectivity index (χ1n) is 30.1.